The Morgan fingerprint density at radius 2 is 2.00 bits per heavy atom. The largest absolute Gasteiger partial charge is 0.317 e. The lowest BCUT2D eigenvalue weighted by atomic mass is 9.90. The molecule has 0 spiro atoms. The third kappa shape index (κ3) is 4.86. The summed E-state index contributed by atoms with van der Waals surface area (Å²) in [4.78, 5) is 0. The van der Waals surface area contributed by atoms with Crippen molar-refractivity contribution in [1.29, 1.82) is 0 Å². The Bertz CT molecular complexity index is 81.3. The van der Waals surface area contributed by atoms with Crippen molar-refractivity contribution in [2.75, 3.05) is 13.1 Å². The Labute approximate surface area is 66.0 Å². The predicted octanol–water partition coefficient (Wildman–Crippen LogP) is 1.60. The summed E-state index contributed by atoms with van der Waals surface area (Å²) in [6.07, 6.45) is 1.95. The molecule has 0 aliphatic rings. The molecule has 0 atom stereocenters. The molecule has 0 fully saturated rings. The molecule has 0 aliphatic heterocycles. The molecule has 2 radical (unpaired) electrons. The van der Waals surface area contributed by atoms with Gasteiger partial charge in [0.05, 0.1) is 7.85 Å². The summed E-state index contributed by atoms with van der Waals surface area (Å²) < 4.78 is 0. The second kappa shape index (κ2) is 4.78. The van der Waals surface area contributed by atoms with Gasteiger partial charge in [0.25, 0.3) is 0 Å². The summed E-state index contributed by atoms with van der Waals surface area (Å²) in [6, 6.07) is 0. The van der Waals surface area contributed by atoms with Crippen LogP contribution in [0.25, 0.3) is 0 Å². The van der Waals surface area contributed by atoms with E-state index in [-0.39, 0.29) is 0 Å². The minimum absolute atomic E-state index is 0.426. The molecule has 0 amide bonds. The van der Waals surface area contributed by atoms with E-state index in [0.717, 1.165) is 19.4 Å². The van der Waals surface area contributed by atoms with Crippen LogP contribution in [0.3, 0.4) is 0 Å². The van der Waals surface area contributed by atoms with Crippen LogP contribution in [0.1, 0.15) is 27.2 Å². The van der Waals surface area contributed by atoms with Gasteiger partial charge in [-0.1, -0.05) is 27.1 Å². The van der Waals surface area contributed by atoms with E-state index in [1.165, 1.54) is 6.42 Å². The highest BCUT2D eigenvalue weighted by Gasteiger charge is 2.12. The van der Waals surface area contributed by atoms with Crippen LogP contribution < -0.4 is 5.32 Å². The second-order valence-corrected chi connectivity index (χ2v) is 3.48. The van der Waals surface area contributed by atoms with E-state index >= 15 is 0 Å². The van der Waals surface area contributed by atoms with Crippen molar-refractivity contribution in [3.63, 3.8) is 0 Å². The van der Waals surface area contributed by atoms with E-state index in [1.807, 2.05) is 0 Å². The van der Waals surface area contributed by atoms with Crippen molar-refractivity contribution in [3.8, 4) is 0 Å². The fourth-order valence-corrected chi connectivity index (χ4v) is 0.654. The van der Waals surface area contributed by atoms with Gasteiger partial charge in [-0.05, 0) is 18.4 Å². The minimum Gasteiger partial charge on any atom is -0.317 e. The molecule has 10 heavy (non-hydrogen) atoms. The molecule has 1 N–H and O–H groups in total. The maximum absolute atomic E-state index is 5.34. The monoisotopic (exact) mass is 139 g/mol. The van der Waals surface area contributed by atoms with Crippen LogP contribution in [0, 0.1) is 5.41 Å². The van der Waals surface area contributed by atoms with Crippen LogP contribution in [0.4, 0.5) is 0 Å². The predicted molar refractivity (Wildman–Crippen MR) is 47.5 cm³/mol. The van der Waals surface area contributed by atoms with Crippen LogP contribution in [0.15, 0.2) is 0 Å². The molecular weight excluding hydrogens is 121 g/mol. The van der Waals surface area contributed by atoms with Gasteiger partial charge in [0.15, 0.2) is 0 Å². The topological polar surface area (TPSA) is 12.0 Å². The summed E-state index contributed by atoms with van der Waals surface area (Å²) in [5.74, 6) is 0. The molecule has 0 rings (SSSR count). The normalized spacial score (nSPS) is 11.9. The SMILES string of the molecule is [B]CCNCC(C)(C)CC. The summed E-state index contributed by atoms with van der Waals surface area (Å²) in [6.45, 7) is 8.74. The van der Waals surface area contributed by atoms with E-state index in [9.17, 15) is 0 Å². The minimum atomic E-state index is 0.426. The van der Waals surface area contributed by atoms with Crippen molar-refractivity contribution in [2.24, 2.45) is 5.41 Å². The zero-order valence-corrected chi connectivity index (χ0v) is 7.41. The van der Waals surface area contributed by atoms with Crippen LogP contribution in [-0.2, 0) is 0 Å². The lowest BCUT2D eigenvalue weighted by Crippen LogP contribution is -2.29. The Morgan fingerprint density at radius 3 is 2.40 bits per heavy atom. The average molecular weight is 139 g/mol. The van der Waals surface area contributed by atoms with Crippen LogP contribution in [0.5, 0.6) is 0 Å². The lowest BCUT2D eigenvalue weighted by molar-refractivity contribution is 0.332. The van der Waals surface area contributed by atoms with Gasteiger partial charge in [-0.2, -0.15) is 0 Å². The van der Waals surface area contributed by atoms with Crippen molar-refractivity contribution in [2.45, 2.75) is 33.5 Å². The van der Waals surface area contributed by atoms with Crippen molar-refractivity contribution >= 4 is 7.85 Å². The van der Waals surface area contributed by atoms with E-state index < -0.39 is 0 Å². The molecule has 0 saturated heterocycles. The number of hydrogen-bond donors (Lipinski definition) is 1. The Hall–Kier alpha value is 0.0249. The number of rotatable bonds is 5. The van der Waals surface area contributed by atoms with E-state index in [2.05, 4.69) is 26.1 Å². The molecular formula is C8H18BN. The van der Waals surface area contributed by atoms with Gasteiger partial charge in [-0.3, -0.25) is 0 Å². The molecule has 0 aromatic heterocycles. The number of hydrogen-bond acceptors (Lipinski definition) is 1. The molecule has 0 heterocycles. The fourth-order valence-electron chi connectivity index (χ4n) is 0.654. The van der Waals surface area contributed by atoms with Crippen LogP contribution >= 0.6 is 0 Å². The second-order valence-electron chi connectivity index (χ2n) is 3.48. The van der Waals surface area contributed by atoms with Crippen molar-refractivity contribution in [1.82, 2.24) is 5.32 Å². The van der Waals surface area contributed by atoms with Gasteiger partial charge >= 0.3 is 0 Å². The highest BCUT2D eigenvalue weighted by Crippen LogP contribution is 2.17. The average Bonchev–Trinajstić information content (AvgIpc) is 1.89. The van der Waals surface area contributed by atoms with Crippen molar-refractivity contribution in [3.05, 3.63) is 0 Å². The molecule has 0 aliphatic carbocycles. The summed E-state index contributed by atoms with van der Waals surface area (Å²) in [5.41, 5.74) is 0.426. The molecule has 1 nitrogen and oxygen atoms in total. The standard InChI is InChI=1S/C8H18BN/c1-4-8(2,3)7-10-6-5-9/h10H,4-7H2,1-3H3. The zero-order chi connectivity index (χ0) is 8.04. The fraction of sp³-hybridized carbons (Fsp3) is 1.00. The van der Waals surface area contributed by atoms with E-state index in [1.54, 1.807) is 0 Å². The Morgan fingerprint density at radius 1 is 1.40 bits per heavy atom. The maximum Gasteiger partial charge on any atom is 0.0670 e. The Balaban J connectivity index is 3.28. The molecule has 0 aromatic carbocycles. The molecule has 2 heteroatoms. The quantitative estimate of drug-likeness (QED) is 0.450. The van der Waals surface area contributed by atoms with E-state index in [0.29, 0.717) is 5.41 Å². The molecule has 58 valence electrons. The van der Waals surface area contributed by atoms with Gasteiger partial charge in [0, 0.05) is 6.54 Å². The smallest absolute Gasteiger partial charge is 0.0670 e. The first-order valence-corrected chi connectivity index (χ1v) is 4.03. The summed E-state index contributed by atoms with van der Waals surface area (Å²) >= 11 is 0. The van der Waals surface area contributed by atoms with Gasteiger partial charge in [-0.15, -0.1) is 0 Å². The van der Waals surface area contributed by atoms with Gasteiger partial charge in [-0.25, -0.2) is 0 Å². The zero-order valence-electron chi connectivity index (χ0n) is 7.41. The first-order chi connectivity index (χ1) is 4.62. The summed E-state index contributed by atoms with van der Waals surface area (Å²) in [5, 5.41) is 3.30. The molecule has 0 unspecified atom stereocenters. The molecule has 0 aromatic rings. The third-order valence-corrected chi connectivity index (χ3v) is 1.88. The molecule has 0 saturated carbocycles. The lowest BCUT2D eigenvalue weighted by Gasteiger charge is -2.22. The highest BCUT2D eigenvalue weighted by atomic mass is 14.9. The first-order valence-electron chi connectivity index (χ1n) is 4.03. The van der Waals surface area contributed by atoms with Gasteiger partial charge < -0.3 is 5.32 Å². The van der Waals surface area contributed by atoms with Crippen LogP contribution in [-0.4, -0.2) is 20.9 Å². The van der Waals surface area contributed by atoms with E-state index in [4.69, 9.17) is 7.85 Å². The third-order valence-electron chi connectivity index (χ3n) is 1.88. The van der Waals surface area contributed by atoms with Gasteiger partial charge in [0.2, 0.25) is 0 Å². The summed E-state index contributed by atoms with van der Waals surface area (Å²) in [7, 11) is 5.34. The molecule has 0 bridgehead atoms. The maximum atomic E-state index is 5.34. The van der Waals surface area contributed by atoms with Crippen LogP contribution in [0.2, 0.25) is 6.32 Å². The first kappa shape index (κ1) is 10.0. The number of nitrogens with one attached hydrogen (secondary N) is 1. The van der Waals surface area contributed by atoms with Crippen molar-refractivity contribution < 1.29 is 0 Å². The van der Waals surface area contributed by atoms with Gasteiger partial charge in [0.1, 0.15) is 0 Å². The highest BCUT2D eigenvalue weighted by molar-refractivity contribution is 6.08. The Kier molecular flexibility index (Phi) is 4.79.